The van der Waals surface area contributed by atoms with E-state index in [4.69, 9.17) is 0 Å². The Labute approximate surface area is 166 Å². The highest BCUT2D eigenvalue weighted by Crippen LogP contribution is 2.47. The van der Waals surface area contributed by atoms with E-state index in [-0.39, 0.29) is 22.8 Å². The number of carbonyl (C=O) groups excluding carboxylic acids is 1. The number of anilines is 1. The van der Waals surface area contributed by atoms with Gasteiger partial charge in [-0.1, -0.05) is 6.07 Å². The van der Waals surface area contributed by atoms with Crippen molar-refractivity contribution in [2.24, 2.45) is 0 Å². The molecule has 2 aliphatic heterocycles. The predicted octanol–water partition coefficient (Wildman–Crippen LogP) is 4.01. The second kappa shape index (κ2) is 6.61. The number of nitrogens with zero attached hydrogens (tertiary/aromatic N) is 4. The Bertz CT molecular complexity index is 906. The number of aromatic nitrogens is 2. The van der Waals surface area contributed by atoms with E-state index < -0.39 is 0 Å². The summed E-state index contributed by atoms with van der Waals surface area (Å²) in [7, 11) is 0. The molecule has 2 fully saturated rings. The number of hydrogen-bond acceptors (Lipinski definition) is 3. The van der Waals surface area contributed by atoms with Crippen LogP contribution in [0.3, 0.4) is 0 Å². The van der Waals surface area contributed by atoms with Crippen molar-refractivity contribution in [3.8, 4) is 0 Å². The number of hydrogen-bond donors (Lipinski definition) is 0. The minimum absolute atomic E-state index is 0.0755. The third-order valence-electron chi connectivity index (χ3n) is 6.54. The van der Waals surface area contributed by atoms with Crippen molar-refractivity contribution in [2.75, 3.05) is 18.0 Å². The van der Waals surface area contributed by atoms with Gasteiger partial charge in [0.2, 0.25) is 0 Å². The molecule has 0 saturated carbocycles. The summed E-state index contributed by atoms with van der Waals surface area (Å²) < 4.78 is 15.7. The van der Waals surface area contributed by atoms with Gasteiger partial charge in [-0.3, -0.25) is 9.48 Å². The van der Waals surface area contributed by atoms with Crippen LogP contribution in [-0.4, -0.2) is 44.8 Å². The van der Waals surface area contributed by atoms with Crippen LogP contribution in [0.15, 0.2) is 30.5 Å². The van der Waals surface area contributed by atoms with Gasteiger partial charge in [0.1, 0.15) is 5.82 Å². The van der Waals surface area contributed by atoms with Crippen LogP contribution in [0.25, 0.3) is 0 Å². The summed E-state index contributed by atoms with van der Waals surface area (Å²) in [6.45, 7) is 10.6. The van der Waals surface area contributed by atoms with E-state index in [0.717, 1.165) is 50.3 Å². The molecule has 2 saturated heterocycles. The molecule has 150 valence electrons. The van der Waals surface area contributed by atoms with Crippen molar-refractivity contribution in [1.82, 2.24) is 14.7 Å². The van der Waals surface area contributed by atoms with Crippen LogP contribution in [0.4, 0.5) is 10.1 Å². The summed E-state index contributed by atoms with van der Waals surface area (Å²) in [5.74, 6) is -0.150. The molecule has 0 radical (unpaired) electrons. The zero-order valence-electron chi connectivity index (χ0n) is 17.2. The van der Waals surface area contributed by atoms with Crippen molar-refractivity contribution in [3.63, 3.8) is 0 Å². The monoisotopic (exact) mass is 384 g/mol. The molecule has 0 bridgehead atoms. The lowest BCUT2D eigenvalue weighted by Crippen LogP contribution is -2.49. The van der Waals surface area contributed by atoms with Crippen molar-refractivity contribution in [2.45, 2.75) is 64.6 Å². The maximum atomic E-state index is 13.8. The first-order valence-corrected chi connectivity index (χ1v) is 10.1. The number of amides is 1. The second-order valence-corrected chi connectivity index (χ2v) is 8.80. The topological polar surface area (TPSA) is 41.4 Å². The zero-order valence-corrected chi connectivity index (χ0v) is 17.2. The molecule has 28 heavy (non-hydrogen) atoms. The smallest absolute Gasteiger partial charge is 0.257 e. The average molecular weight is 384 g/mol. The Morgan fingerprint density at radius 3 is 2.79 bits per heavy atom. The van der Waals surface area contributed by atoms with Crippen LogP contribution in [0.5, 0.6) is 0 Å². The fraction of sp³-hybridized carbons (Fsp3) is 0.545. The molecule has 2 aromatic rings. The highest BCUT2D eigenvalue weighted by Gasteiger charge is 2.55. The van der Waals surface area contributed by atoms with Gasteiger partial charge in [-0.25, -0.2) is 4.39 Å². The van der Waals surface area contributed by atoms with E-state index in [1.165, 1.54) is 6.07 Å². The van der Waals surface area contributed by atoms with Crippen molar-refractivity contribution < 1.29 is 9.18 Å². The number of likely N-dealkylation sites (tertiary alicyclic amines) is 1. The van der Waals surface area contributed by atoms with Crippen molar-refractivity contribution in [3.05, 3.63) is 47.5 Å². The van der Waals surface area contributed by atoms with Crippen LogP contribution in [0, 0.1) is 12.7 Å². The number of halogens is 1. The highest BCUT2D eigenvalue weighted by molar-refractivity contribution is 5.96. The molecule has 1 aromatic carbocycles. The number of benzene rings is 1. The van der Waals surface area contributed by atoms with Gasteiger partial charge in [0.05, 0.1) is 17.3 Å². The fourth-order valence-electron chi connectivity index (χ4n) is 5.27. The predicted molar refractivity (Wildman–Crippen MR) is 108 cm³/mol. The van der Waals surface area contributed by atoms with Crippen LogP contribution in [-0.2, 0) is 6.54 Å². The second-order valence-electron chi connectivity index (χ2n) is 8.80. The first-order valence-electron chi connectivity index (χ1n) is 10.1. The van der Waals surface area contributed by atoms with Gasteiger partial charge in [0.15, 0.2) is 0 Å². The first-order chi connectivity index (χ1) is 13.3. The Kier molecular flexibility index (Phi) is 4.47. The summed E-state index contributed by atoms with van der Waals surface area (Å²) in [5, 5.41) is 4.36. The average Bonchev–Trinajstić information content (AvgIpc) is 3.29. The van der Waals surface area contributed by atoms with E-state index in [9.17, 15) is 9.18 Å². The Morgan fingerprint density at radius 1 is 1.32 bits per heavy atom. The lowest BCUT2D eigenvalue weighted by atomic mass is 9.87. The highest BCUT2D eigenvalue weighted by atomic mass is 19.1. The van der Waals surface area contributed by atoms with E-state index in [2.05, 4.69) is 28.7 Å². The van der Waals surface area contributed by atoms with E-state index in [1.807, 2.05) is 24.6 Å². The molecule has 3 heterocycles. The molecule has 1 amide bonds. The Morgan fingerprint density at radius 2 is 2.11 bits per heavy atom. The van der Waals surface area contributed by atoms with Gasteiger partial charge in [-0.2, -0.15) is 5.10 Å². The summed E-state index contributed by atoms with van der Waals surface area (Å²) >= 11 is 0. The minimum Gasteiger partial charge on any atom is -0.364 e. The quantitative estimate of drug-likeness (QED) is 0.803. The largest absolute Gasteiger partial charge is 0.364 e. The molecule has 2 aliphatic rings. The molecule has 1 aromatic heterocycles. The molecular weight excluding hydrogens is 355 g/mol. The van der Waals surface area contributed by atoms with E-state index >= 15 is 0 Å². The van der Waals surface area contributed by atoms with Crippen LogP contribution in [0.2, 0.25) is 0 Å². The van der Waals surface area contributed by atoms with Gasteiger partial charge in [-0.05, 0) is 65.2 Å². The standard InChI is InChI=1S/C22H29FN4O/c1-5-27-16(2)19(13-24-27)20(28)25-11-7-10-22(25)14-21(3,4)26(15-22)18-9-6-8-17(23)12-18/h6,8-9,12-13H,5,7,10-11,14-15H2,1-4H3. The maximum Gasteiger partial charge on any atom is 0.257 e. The van der Waals surface area contributed by atoms with Gasteiger partial charge in [-0.15, -0.1) is 0 Å². The first kappa shape index (κ1) is 19.0. The molecule has 0 aliphatic carbocycles. The van der Waals surface area contributed by atoms with Crippen LogP contribution < -0.4 is 4.90 Å². The van der Waals surface area contributed by atoms with E-state index in [0.29, 0.717) is 5.56 Å². The molecule has 5 nitrogen and oxygen atoms in total. The Hall–Kier alpha value is -2.37. The summed E-state index contributed by atoms with van der Waals surface area (Å²) in [6.07, 6.45) is 4.57. The maximum absolute atomic E-state index is 13.8. The number of carbonyl (C=O) groups is 1. The summed E-state index contributed by atoms with van der Waals surface area (Å²) in [4.78, 5) is 17.8. The van der Waals surface area contributed by atoms with Crippen LogP contribution in [0.1, 0.15) is 56.1 Å². The molecule has 4 rings (SSSR count). The Balaban J connectivity index is 1.67. The molecule has 1 spiro atoms. The minimum atomic E-state index is -0.226. The number of aryl methyl sites for hydroxylation is 1. The molecule has 0 N–H and O–H groups in total. The SMILES string of the molecule is CCn1ncc(C(=O)N2CCCC23CN(c2cccc(F)c2)C(C)(C)C3)c1C. The third-order valence-corrected chi connectivity index (χ3v) is 6.54. The summed E-state index contributed by atoms with van der Waals surface area (Å²) in [5.41, 5.74) is 2.14. The van der Waals surface area contributed by atoms with Gasteiger partial charge < -0.3 is 9.80 Å². The third kappa shape index (κ3) is 2.90. The van der Waals surface area contributed by atoms with Crippen LogP contribution >= 0.6 is 0 Å². The molecular formula is C22H29FN4O. The van der Waals surface area contributed by atoms with Crippen molar-refractivity contribution >= 4 is 11.6 Å². The van der Waals surface area contributed by atoms with Gasteiger partial charge in [0, 0.05) is 36.6 Å². The fourth-order valence-corrected chi connectivity index (χ4v) is 5.27. The van der Waals surface area contributed by atoms with Gasteiger partial charge >= 0.3 is 0 Å². The lowest BCUT2D eigenvalue weighted by molar-refractivity contribution is 0.0616. The van der Waals surface area contributed by atoms with E-state index in [1.54, 1.807) is 18.3 Å². The summed E-state index contributed by atoms with van der Waals surface area (Å²) in [6, 6.07) is 6.78. The van der Waals surface area contributed by atoms with Gasteiger partial charge in [0.25, 0.3) is 5.91 Å². The number of rotatable bonds is 3. The zero-order chi connectivity index (χ0) is 20.1. The normalized spacial score (nSPS) is 23.8. The van der Waals surface area contributed by atoms with Crippen molar-refractivity contribution in [1.29, 1.82) is 0 Å². The lowest BCUT2D eigenvalue weighted by Gasteiger charge is -2.35. The molecule has 1 atom stereocenters. The molecule has 6 heteroatoms. The molecule has 1 unspecified atom stereocenters.